The van der Waals surface area contributed by atoms with Gasteiger partial charge in [0.25, 0.3) is 0 Å². The average molecular weight is 442 g/mol. The lowest BCUT2D eigenvalue weighted by Gasteiger charge is -2.30. The van der Waals surface area contributed by atoms with Crippen LogP contribution in [0.15, 0.2) is 47.5 Å². The first-order valence-corrected chi connectivity index (χ1v) is 10.9. The molecule has 31 heavy (non-hydrogen) atoms. The first-order chi connectivity index (χ1) is 15.1. The molecule has 8 nitrogen and oxygen atoms in total. The Kier molecular flexibility index (Phi) is 6.31. The van der Waals surface area contributed by atoms with Crippen molar-refractivity contribution in [2.75, 3.05) is 25.3 Å². The highest BCUT2D eigenvalue weighted by Gasteiger charge is 2.35. The van der Waals surface area contributed by atoms with Gasteiger partial charge in [-0.05, 0) is 38.1 Å². The van der Waals surface area contributed by atoms with Crippen LogP contribution in [-0.4, -0.2) is 47.1 Å². The van der Waals surface area contributed by atoms with E-state index < -0.39 is 5.25 Å². The second-order valence-corrected chi connectivity index (χ2v) is 8.00. The summed E-state index contributed by atoms with van der Waals surface area (Å²) < 4.78 is 16.2. The zero-order valence-corrected chi connectivity index (χ0v) is 18.1. The molecule has 2 amide bonds. The molecular weight excluding hydrogens is 418 g/mol. The van der Waals surface area contributed by atoms with Crippen LogP contribution in [0, 0.1) is 0 Å². The van der Waals surface area contributed by atoms with Crippen molar-refractivity contribution in [3.8, 4) is 17.2 Å². The highest BCUT2D eigenvalue weighted by molar-refractivity contribution is 8.15. The van der Waals surface area contributed by atoms with Gasteiger partial charge in [-0.3, -0.25) is 14.5 Å². The Labute approximate surface area is 184 Å². The molecule has 1 atom stereocenters. The maximum absolute atomic E-state index is 12.9. The van der Waals surface area contributed by atoms with E-state index >= 15 is 0 Å². The van der Waals surface area contributed by atoms with E-state index in [1.165, 1.54) is 11.8 Å². The monoisotopic (exact) mass is 441 g/mol. The van der Waals surface area contributed by atoms with Crippen molar-refractivity contribution in [1.29, 1.82) is 0 Å². The van der Waals surface area contributed by atoms with Crippen LogP contribution >= 0.6 is 11.8 Å². The topological polar surface area (TPSA) is 89.5 Å². The summed E-state index contributed by atoms with van der Waals surface area (Å²) >= 11 is 1.28. The van der Waals surface area contributed by atoms with Crippen molar-refractivity contribution < 1.29 is 23.8 Å². The van der Waals surface area contributed by atoms with Gasteiger partial charge in [0.2, 0.25) is 18.6 Å². The molecule has 0 saturated carbocycles. The number of nitrogens with one attached hydrogen (secondary N) is 1. The molecule has 162 valence electrons. The van der Waals surface area contributed by atoms with Crippen LogP contribution in [0.2, 0.25) is 0 Å². The Morgan fingerprint density at radius 2 is 2.06 bits per heavy atom. The van der Waals surface area contributed by atoms with Crippen molar-refractivity contribution in [3.63, 3.8) is 0 Å². The number of anilines is 1. The molecule has 2 aromatic rings. The SMILES string of the molecule is CCOc1cccc(NC(=O)C2CC(=O)N(CC)C(=Nc3ccc4c(c3)OCO4)S2)c1. The lowest BCUT2D eigenvalue weighted by atomic mass is 10.2. The van der Waals surface area contributed by atoms with Crippen LogP contribution < -0.4 is 19.5 Å². The van der Waals surface area contributed by atoms with E-state index in [0.717, 1.165) is 0 Å². The Morgan fingerprint density at radius 3 is 2.87 bits per heavy atom. The maximum atomic E-state index is 12.9. The van der Waals surface area contributed by atoms with Gasteiger partial charge in [-0.1, -0.05) is 17.8 Å². The summed E-state index contributed by atoms with van der Waals surface area (Å²) in [7, 11) is 0. The first-order valence-electron chi connectivity index (χ1n) is 10.1. The van der Waals surface area contributed by atoms with E-state index in [1.54, 1.807) is 35.2 Å². The smallest absolute Gasteiger partial charge is 0.238 e. The van der Waals surface area contributed by atoms with E-state index in [2.05, 4.69) is 10.3 Å². The largest absolute Gasteiger partial charge is 0.494 e. The van der Waals surface area contributed by atoms with Crippen molar-refractivity contribution in [2.45, 2.75) is 25.5 Å². The number of hydrogen-bond acceptors (Lipinski definition) is 7. The fourth-order valence-corrected chi connectivity index (χ4v) is 4.43. The molecule has 1 N–H and O–H groups in total. The number of thioether (sulfide) groups is 1. The highest BCUT2D eigenvalue weighted by Crippen LogP contribution is 2.37. The summed E-state index contributed by atoms with van der Waals surface area (Å²) in [6, 6.07) is 12.5. The molecule has 1 fully saturated rings. The van der Waals surface area contributed by atoms with Gasteiger partial charge in [-0.2, -0.15) is 0 Å². The van der Waals surface area contributed by atoms with Gasteiger partial charge in [0.05, 0.1) is 12.3 Å². The fraction of sp³-hybridized carbons (Fsp3) is 0.318. The lowest BCUT2D eigenvalue weighted by Crippen LogP contribution is -2.45. The van der Waals surface area contributed by atoms with E-state index in [0.29, 0.717) is 46.9 Å². The van der Waals surface area contributed by atoms with Crippen molar-refractivity contribution in [2.24, 2.45) is 4.99 Å². The van der Waals surface area contributed by atoms with Gasteiger partial charge >= 0.3 is 0 Å². The van der Waals surface area contributed by atoms with E-state index in [1.807, 2.05) is 26.0 Å². The number of amidine groups is 1. The third kappa shape index (κ3) is 4.77. The molecule has 1 saturated heterocycles. The Hall–Kier alpha value is -3.20. The van der Waals surface area contributed by atoms with Gasteiger partial charge in [-0.15, -0.1) is 0 Å². The fourth-order valence-electron chi connectivity index (χ4n) is 3.27. The van der Waals surface area contributed by atoms with Gasteiger partial charge in [-0.25, -0.2) is 4.99 Å². The third-order valence-electron chi connectivity index (χ3n) is 4.74. The molecule has 0 radical (unpaired) electrons. The van der Waals surface area contributed by atoms with E-state index in [-0.39, 0.29) is 25.0 Å². The second kappa shape index (κ2) is 9.30. The zero-order chi connectivity index (χ0) is 21.8. The van der Waals surface area contributed by atoms with Gasteiger partial charge in [0, 0.05) is 30.8 Å². The normalized spacial score (nSPS) is 18.9. The maximum Gasteiger partial charge on any atom is 0.238 e. The van der Waals surface area contributed by atoms with Crippen molar-refractivity contribution in [3.05, 3.63) is 42.5 Å². The molecule has 4 rings (SSSR count). The van der Waals surface area contributed by atoms with Crippen molar-refractivity contribution >= 4 is 40.1 Å². The molecule has 2 heterocycles. The second-order valence-electron chi connectivity index (χ2n) is 6.83. The molecule has 0 spiro atoms. The van der Waals surface area contributed by atoms with E-state index in [4.69, 9.17) is 14.2 Å². The number of rotatable bonds is 6. The van der Waals surface area contributed by atoms with Crippen LogP contribution in [0.25, 0.3) is 0 Å². The molecule has 0 aromatic heterocycles. The minimum absolute atomic E-state index is 0.107. The molecule has 0 bridgehead atoms. The van der Waals surface area contributed by atoms with Crippen molar-refractivity contribution in [1.82, 2.24) is 4.90 Å². The van der Waals surface area contributed by atoms with Crippen LogP contribution in [0.4, 0.5) is 11.4 Å². The first kappa shape index (κ1) is 21.0. The van der Waals surface area contributed by atoms with Crippen LogP contribution in [0.5, 0.6) is 17.2 Å². The number of carbonyl (C=O) groups is 2. The Bertz CT molecular complexity index is 1030. The number of fused-ring (bicyclic) bond motifs is 1. The predicted octanol–water partition coefficient (Wildman–Crippen LogP) is 3.79. The average Bonchev–Trinajstić information content (AvgIpc) is 3.22. The summed E-state index contributed by atoms with van der Waals surface area (Å²) in [6.07, 6.45) is 0.107. The highest BCUT2D eigenvalue weighted by atomic mass is 32.2. The van der Waals surface area contributed by atoms with Crippen LogP contribution in [0.1, 0.15) is 20.3 Å². The number of benzene rings is 2. The summed E-state index contributed by atoms with van der Waals surface area (Å²) in [5, 5.41) is 2.78. The number of carbonyl (C=O) groups excluding carboxylic acids is 2. The summed E-state index contributed by atoms with van der Waals surface area (Å²) in [5.74, 6) is 1.57. The summed E-state index contributed by atoms with van der Waals surface area (Å²) in [6.45, 7) is 4.97. The lowest BCUT2D eigenvalue weighted by molar-refractivity contribution is -0.129. The Morgan fingerprint density at radius 1 is 1.23 bits per heavy atom. The van der Waals surface area contributed by atoms with Gasteiger partial charge in [0.15, 0.2) is 16.7 Å². The minimum Gasteiger partial charge on any atom is -0.494 e. The number of nitrogens with zero attached hydrogens (tertiary/aromatic N) is 2. The number of hydrogen-bond donors (Lipinski definition) is 1. The molecular formula is C22H23N3O5S. The molecule has 1 unspecified atom stereocenters. The van der Waals surface area contributed by atoms with Crippen LogP contribution in [0.3, 0.4) is 0 Å². The number of amides is 2. The quantitative estimate of drug-likeness (QED) is 0.734. The molecule has 0 aliphatic carbocycles. The van der Waals surface area contributed by atoms with E-state index in [9.17, 15) is 9.59 Å². The predicted molar refractivity (Wildman–Crippen MR) is 119 cm³/mol. The number of aliphatic imine (C=N–C) groups is 1. The molecule has 2 aliphatic rings. The van der Waals surface area contributed by atoms with Crippen LogP contribution in [-0.2, 0) is 9.59 Å². The summed E-state index contributed by atoms with van der Waals surface area (Å²) in [5.41, 5.74) is 1.25. The number of ether oxygens (including phenoxy) is 3. The Balaban J connectivity index is 1.52. The molecule has 2 aromatic carbocycles. The standard InChI is InChI=1S/C22H23N3O5S/c1-3-25-20(26)12-19(21(27)23-14-6-5-7-16(10-14)28-4-2)31-22(25)24-15-8-9-17-18(11-15)30-13-29-17/h5-11,19H,3-4,12-13H2,1-2H3,(H,23,27). The zero-order valence-electron chi connectivity index (χ0n) is 17.3. The van der Waals surface area contributed by atoms with Gasteiger partial charge in [0.1, 0.15) is 11.0 Å². The van der Waals surface area contributed by atoms with Gasteiger partial charge < -0.3 is 19.5 Å². The molecule has 9 heteroatoms. The minimum atomic E-state index is -0.584. The summed E-state index contributed by atoms with van der Waals surface area (Å²) in [4.78, 5) is 31.8. The third-order valence-corrected chi connectivity index (χ3v) is 5.93. The molecule has 2 aliphatic heterocycles.